The van der Waals surface area contributed by atoms with Crippen molar-refractivity contribution in [1.29, 1.82) is 0 Å². The van der Waals surface area contributed by atoms with Crippen molar-refractivity contribution in [2.75, 3.05) is 4.90 Å². The minimum absolute atomic E-state index is 0.253. The maximum atomic E-state index is 13.4. The molecule has 1 aliphatic rings. The molecule has 1 N–H and O–H groups in total. The van der Waals surface area contributed by atoms with Gasteiger partial charge in [0, 0.05) is 23.5 Å². The fourth-order valence-corrected chi connectivity index (χ4v) is 4.11. The molecule has 0 spiro atoms. The highest BCUT2D eigenvalue weighted by molar-refractivity contribution is 7.11. The maximum absolute atomic E-state index is 13.4. The summed E-state index contributed by atoms with van der Waals surface area (Å²) in [6.07, 6.45) is 3.22. The summed E-state index contributed by atoms with van der Waals surface area (Å²) in [5, 5.41) is 9.42. The van der Waals surface area contributed by atoms with Crippen molar-refractivity contribution in [1.82, 2.24) is 15.1 Å². The van der Waals surface area contributed by atoms with Gasteiger partial charge in [-0.05, 0) is 50.4 Å². The zero-order chi connectivity index (χ0) is 20.6. The van der Waals surface area contributed by atoms with Crippen LogP contribution in [0.1, 0.15) is 37.4 Å². The Labute approximate surface area is 173 Å². The summed E-state index contributed by atoms with van der Waals surface area (Å²) < 4.78 is 1.69. The van der Waals surface area contributed by atoms with Crippen LogP contribution in [0.5, 0.6) is 0 Å². The SMILES string of the molecule is CC(C)(C)NC(=O)C1c2ccnn2C(c2cccs2)=CC(=O)N1c1ccccc1. The van der Waals surface area contributed by atoms with Crippen LogP contribution in [0, 0.1) is 0 Å². The number of para-hydroxylation sites is 1. The summed E-state index contributed by atoms with van der Waals surface area (Å²) in [7, 11) is 0. The molecule has 1 unspecified atom stereocenters. The largest absolute Gasteiger partial charge is 0.349 e. The van der Waals surface area contributed by atoms with Crippen molar-refractivity contribution in [2.24, 2.45) is 0 Å². The lowest BCUT2D eigenvalue weighted by atomic mass is 10.1. The van der Waals surface area contributed by atoms with Gasteiger partial charge in [0.15, 0.2) is 6.04 Å². The van der Waals surface area contributed by atoms with Gasteiger partial charge in [0.2, 0.25) is 5.91 Å². The van der Waals surface area contributed by atoms with Gasteiger partial charge in [0.25, 0.3) is 5.91 Å². The topological polar surface area (TPSA) is 67.2 Å². The van der Waals surface area contributed by atoms with Crippen molar-refractivity contribution >= 4 is 34.5 Å². The molecular weight excluding hydrogens is 384 g/mol. The predicted octanol–water partition coefficient (Wildman–Crippen LogP) is 3.84. The molecule has 3 heterocycles. The van der Waals surface area contributed by atoms with Crippen LogP contribution in [0.4, 0.5) is 5.69 Å². The second-order valence-electron chi connectivity index (χ2n) is 7.86. The Morgan fingerprint density at radius 1 is 1.10 bits per heavy atom. The molecular formula is C22H22N4O2S. The van der Waals surface area contributed by atoms with E-state index in [1.165, 1.54) is 16.2 Å². The van der Waals surface area contributed by atoms with E-state index in [1.54, 1.807) is 23.0 Å². The van der Waals surface area contributed by atoms with Crippen LogP contribution in [-0.4, -0.2) is 27.1 Å². The van der Waals surface area contributed by atoms with E-state index in [1.807, 2.05) is 68.6 Å². The normalized spacial score (nSPS) is 16.8. The molecule has 0 saturated carbocycles. The number of fused-ring (bicyclic) bond motifs is 1. The van der Waals surface area contributed by atoms with E-state index >= 15 is 0 Å². The van der Waals surface area contributed by atoms with E-state index in [2.05, 4.69) is 10.4 Å². The van der Waals surface area contributed by atoms with Crippen LogP contribution in [0.25, 0.3) is 5.70 Å². The summed E-state index contributed by atoms with van der Waals surface area (Å²) in [5.41, 5.74) is 1.52. The van der Waals surface area contributed by atoms with Crippen LogP contribution in [-0.2, 0) is 9.59 Å². The molecule has 2 aromatic heterocycles. The Bertz CT molecular complexity index is 1060. The highest BCUT2D eigenvalue weighted by Gasteiger charge is 2.38. The first-order chi connectivity index (χ1) is 13.8. The summed E-state index contributed by atoms with van der Waals surface area (Å²) in [6.45, 7) is 5.76. The van der Waals surface area contributed by atoms with Crippen molar-refractivity contribution < 1.29 is 9.59 Å². The Morgan fingerprint density at radius 3 is 2.52 bits per heavy atom. The number of thiophene rings is 1. The summed E-state index contributed by atoms with van der Waals surface area (Å²) in [4.78, 5) is 29.2. The summed E-state index contributed by atoms with van der Waals surface area (Å²) in [5.74, 6) is -0.517. The molecule has 29 heavy (non-hydrogen) atoms. The standard InChI is InChI=1S/C22H22N4O2S/c1-22(2,3)24-21(28)20-16-11-12-23-26(16)17(18-10-7-13-29-18)14-19(27)25(20)15-8-5-4-6-9-15/h4-14,20H,1-3H3,(H,24,28). The number of hydrogen-bond acceptors (Lipinski definition) is 4. The number of aromatic nitrogens is 2. The van der Waals surface area contributed by atoms with Crippen molar-refractivity contribution in [2.45, 2.75) is 32.4 Å². The van der Waals surface area contributed by atoms with E-state index in [0.717, 1.165) is 4.88 Å². The lowest BCUT2D eigenvalue weighted by Gasteiger charge is -2.31. The Morgan fingerprint density at radius 2 is 1.86 bits per heavy atom. The maximum Gasteiger partial charge on any atom is 0.254 e. The number of nitrogens with zero attached hydrogens (tertiary/aromatic N) is 3. The molecule has 3 aromatic rings. The van der Waals surface area contributed by atoms with Gasteiger partial charge in [-0.25, -0.2) is 4.68 Å². The van der Waals surface area contributed by atoms with Crippen LogP contribution in [0.15, 0.2) is 66.2 Å². The molecule has 0 saturated heterocycles. The average Bonchev–Trinajstić information content (AvgIpc) is 3.33. The zero-order valence-electron chi connectivity index (χ0n) is 16.5. The monoisotopic (exact) mass is 406 g/mol. The Balaban J connectivity index is 1.91. The number of anilines is 1. The smallest absolute Gasteiger partial charge is 0.254 e. The number of carbonyl (C=O) groups excluding carboxylic acids is 2. The Hall–Kier alpha value is -3.19. The molecule has 4 rings (SSSR count). The van der Waals surface area contributed by atoms with Crippen LogP contribution in [0.3, 0.4) is 0 Å². The molecule has 148 valence electrons. The second-order valence-corrected chi connectivity index (χ2v) is 8.81. The van der Waals surface area contributed by atoms with Gasteiger partial charge in [0.05, 0.1) is 16.3 Å². The lowest BCUT2D eigenvalue weighted by molar-refractivity contribution is -0.126. The van der Waals surface area contributed by atoms with Gasteiger partial charge in [-0.15, -0.1) is 11.3 Å². The third kappa shape index (κ3) is 3.73. The van der Waals surface area contributed by atoms with Gasteiger partial charge in [-0.2, -0.15) is 5.10 Å². The second kappa shape index (κ2) is 7.33. The van der Waals surface area contributed by atoms with Gasteiger partial charge in [0.1, 0.15) is 0 Å². The zero-order valence-corrected chi connectivity index (χ0v) is 17.3. The molecule has 1 aliphatic heterocycles. The molecule has 1 aromatic carbocycles. The molecule has 6 nitrogen and oxygen atoms in total. The van der Waals surface area contributed by atoms with Crippen molar-refractivity contribution in [3.63, 3.8) is 0 Å². The third-order valence-corrected chi connectivity index (χ3v) is 5.38. The number of hydrogen-bond donors (Lipinski definition) is 1. The van der Waals surface area contributed by atoms with E-state index in [0.29, 0.717) is 17.1 Å². The van der Waals surface area contributed by atoms with Crippen LogP contribution < -0.4 is 10.2 Å². The van der Waals surface area contributed by atoms with E-state index in [4.69, 9.17) is 0 Å². The van der Waals surface area contributed by atoms with Gasteiger partial charge in [-0.1, -0.05) is 24.3 Å². The minimum Gasteiger partial charge on any atom is -0.349 e. The fourth-order valence-electron chi connectivity index (χ4n) is 3.38. The van der Waals surface area contributed by atoms with Crippen LogP contribution in [0.2, 0.25) is 0 Å². The molecule has 0 aliphatic carbocycles. The highest BCUT2D eigenvalue weighted by Crippen LogP contribution is 2.35. The van der Waals surface area contributed by atoms with E-state index in [-0.39, 0.29) is 11.8 Å². The Kier molecular flexibility index (Phi) is 4.84. The number of carbonyl (C=O) groups is 2. The molecule has 0 fully saturated rings. The average molecular weight is 407 g/mol. The fraction of sp³-hybridized carbons (Fsp3) is 0.227. The molecule has 2 amide bonds. The molecule has 1 atom stereocenters. The first kappa shape index (κ1) is 19.1. The van der Waals surface area contributed by atoms with E-state index in [9.17, 15) is 9.59 Å². The quantitative estimate of drug-likeness (QED) is 0.719. The first-order valence-corrected chi connectivity index (χ1v) is 10.2. The minimum atomic E-state index is -0.847. The third-order valence-electron chi connectivity index (χ3n) is 4.49. The van der Waals surface area contributed by atoms with Gasteiger partial charge < -0.3 is 5.32 Å². The molecule has 7 heteroatoms. The van der Waals surface area contributed by atoms with Crippen molar-refractivity contribution in [3.8, 4) is 0 Å². The molecule has 0 bridgehead atoms. The van der Waals surface area contributed by atoms with E-state index < -0.39 is 11.6 Å². The van der Waals surface area contributed by atoms with Gasteiger partial charge in [-0.3, -0.25) is 14.5 Å². The van der Waals surface area contributed by atoms with Crippen molar-refractivity contribution in [3.05, 3.63) is 76.8 Å². The highest BCUT2D eigenvalue weighted by atomic mass is 32.1. The number of benzene rings is 1. The summed E-state index contributed by atoms with van der Waals surface area (Å²) in [6, 6.07) is 14.1. The number of rotatable bonds is 3. The molecule has 0 radical (unpaired) electrons. The lowest BCUT2D eigenvalue weighted by Crippen LogP contribution is -2.49. The predicted molar refractivity (Wildman–Crippen MR) is 114 cm³/mol. The number of nitrogens with one attached hydrogen (secondary N) is 1. The summed E-state index contributed by atoms with van der Waals surface area (Å²) >= 11 is 1.52. The van der Waals surface area contributed by atoms with Gasteiger partial charge >= 0.3 is 0 Å². The van der Waals surface area contributed by atoms with Crippen LogP contribution >= 0.6 is 11.3 Å². The first-order valence-electron chi connectivity index (χ1n) is 9.35. The number of amides is 2.